The Morgan fingerprint density at radius 1 is 1.41 bits per heavy atom. The topological polar surface area (TPSA) is 0 Å². The molecule has 0 bridgehead atoms. The zero-order valence-corrected chi connectivity index (χ0v) is 13.6. The quantitative estimate of drug-likeness (QED) is 0.537. The first-order valence-electron chi connectivity index (χ1n) is 4.84. The molecule has 90 valence electrons. The molecular formula is C12H8Br2ClFS. The van der Waals surface area contributed by atoms with E-state index in [-0.39, 0.29) is 15.7 Å². The Bertz CT molecular complexity index is 534. The molecule has 1 aromatic heterocycles. The Balaban J connectivity index is 2.43. The highest BCUT2D eigenvalue weighted by molar-refractivity contribution is 9.10. The molecule has 1 aromatic carbocycles. The van der Waals surface area contributed by atoms with Gasteiger partial charge in [-0.2, -0.15) is 0 Å². The van der Waals surface area contributed by atoms with Gasteiger partial charge in [-0.15, -0.1) is 11.3 Å². The minimum Gasteiger partial charge on any atom is -0.205 e. The summed E-state index contributed by atoms with van der Waals surface area (Å²) in [5.41, 5.74) is 0.561. The summed E-state index contributed by atoms with van der Waals surface area (Å²) in [6, 6.07) is 7.05. The fourth-order valence-electron chi connectivity index (χ4n) is 1.48. The molecule has 2 rings (SSSR count). The second-order valence-corrected chi connectivity index (χ2v) is 7.02. The Hall–Kier alpha value is 0.1000. The molecule has 5 heteroatoms. The van der Waals surface area contributed by atoms with Crippen LogP contribution >= 0.6 is 54.8 Å². The van der Waals surface area contributed by atoms with Crippen LogP contribution in [0.2, 0.25) is 5.02 Å². The third-order valence-electron chi connectivity index (χ3n) is 2.38. The predicted molar refractivity (Wildman–Crippen MR) is 78.9 cm³/mol. The van der Waals surface area contributed by atoms with Gasteiger partial charge in [-0.05, 0) is 35.0 Å². The number of hydrogen-bond donors (Lipinski definition) is 0. The van der Waals surface area contributed by atoms with Crippen molar-refractivity contribution in [2.75, 3.05) is 0 Å². The lowest BCUT2D eigenvalue weighted by molar-refractivity contribution is 0.614. The maximum atomic E-state index is 13.9. The molecule has 0 fully saturated rings. The van der Waals surface area contributed by atoms with Crippen molar-refractivity contribution < 1.29 is 4.39 Å². The summed E-state index contributed by atoms with van der Waals surface area (Å²) < 4.78 is 14.9. The molecule has 0 radical (unpaired) electrons. The summed E-state index contributed by atoms with van der Waals surface area (Å²) in [6.07, 6.45) is 0. The fourth-order valence-corrected chi connectivity index (χ4v) is 3.98. The number of benzene rings is 1. The van der Waals surface area contributed by atoms with E-state index in [1.807, 2.05) is 13.0 Å². The molecule has 2 aromatic rings. The summed E-state index contributed by atoms with van der Waals surface area (Å²) >= 11 is 14.4. The van der Waals surface area contributed by atoms with Crippen LogP contribution in [0.1, 0.15) is 20.1 Å². The van der Waals surface area contributed by atoms with Crippen molar-refractivity contribution in [3.8, 4) is 0 Å². The van der Waals surface area contributed by atoms with E-state index in [9.17, 15) is 4.39 Å². The van der Waals surface area contributed by atoms with Crippen LogP contribution in [-0.4, -0.2) is 0 Å². The monoisotopic (exact) mass is 396 g/mol. The first-order valence-corrected chi connectivity index (χ1v) is 7.75. The third-order valence-corrected chi connectivity index (χ3v) is 6.16. The van der Waals surface area contributed by atoms with Crippen molar-refractivity contribution in [2.24, 2.45) is 0 Å². The van der Waals surface area contributed by atoms with Gasteiger partial charge in [0, 0.05) is 19.8 Å². The SMILES string of the molecule is Cc1sc(C(Br)c2cccc(Cl)c2F)cc1Br. The van der Waals surface area contributed by atoms with E-state index in [0.29, 0.717) is 5.56 Å². The van der Waals surface area contributed by atoms with Crippen molar-refractivity contribution in [3.63, 3.8) is 0 Å². The first kappa shape index (κ1) is 13.5. The third kappa shape index (κ3) is 2.75. The molecule has 17 heavy (non-hydrogen) atoms. The van der Waals surface area contributed by atoms with E-state index in [0.717, 1.165) is 9.35 Å². The number of hydrogen-bond acceptors (Lipinski definition) is 1. The zero-order valence-electron chi connectivity index (χ0n) is 8.81. The largest absolute Gasteiger partial charge is 0.205 e. The highest BCUT2D eigenvalue weighted by Crippen LogP contribution is 2.40. The average molecular weight is 399 g/mol. The normalized spacial score (nSPS) is 12.8. The highest BCUT2D eigenvalue weighted by atomic mass is 79.9. The van der Waals surface area contributed by atoms with E-state index in [1.165, 1.54) is 4.88 Å². The zero-order chi connectivity index (χ0) is 12.6. The summed E-state index contributed by atoms with van der Waals surface area (Å²) in [5.74, 6) is -0.363. The number of aryl methyl sites for hydroxylation is 1. The van der Waals surface area contributed by atoms with Gasteiger partial charge in [0.25, 0.3) is 0 Å². The molecule has 0 aliphatic rings. The molecule has 0 saturated carbocycles. The Kier molecular flexibility index (Phi) is 4.29. The standard InChI is InChI=1S/C12H8Br2ClFS/c1-6-8(13)5-10(17-6)11(14)7-3-2-4-9(15)12(7)16/h2-5,11H,1H3. The van der Waals surface area contributed by atoms with Gasteiger partial charge in [-0.1, -0.05) is 39.7 Å². The molecule has 0 aliphatic heterocycles. The van der Waals surface area contributed by atoms with E-state index in [1.54, 1.807) is 29.5 Å². The lowest BCUT2D eigenvalue weighted by Gasteiger charge is -2.09. The summed E-state index contributed by atoms with van der Waals surface area (Å²) in [7, 11) is 0. The second-order valence-electron chi connectivity index (χ2n) is 3.56. The fraction of sp³-hybridized carbons (Fsp3) is 0.167. The molecule has 1 atom stereocenters. The van der Waals surface area contributed by atoms with Gasteiger partial charge >= 0.3 is 0 Å². The highest BCUT2D eigenvalue weighted by Gasteiger charge is 2.19. The van der Waals surface area contributed by atoms with Crippen LogP contribution in [0.25, 0.3) is 0 Å². The predicted octanol–water partition coefficient (Wildman–Crippen LogP) is 6.10. The lowest BCUT2D eigenvalue weighted by atomic mass is 10.1. The van der Waals surface area contributed by atoms with Gasteiger partial charge in [-0.25, -0.2) is 4.39 Å². The van der Waals surface area contributed by atoms with E-state index < -0.39 is 0 Å². The Morgan fingerprint density at radius 3 is 2.71 bits per heavy atom. The number of rotatable bonds is 2. The minimum absolute atomic E-state index is 0.152. The molecule has 1 heterocycles. The van der Waals surface area contributed by atoms with Gasteiger partial charge in [0.2, 0.25) is 0 Å². The molecule has 0 N–H and O–H groups in total. The second kappa shape index (κ2) is 5.39. The molecule has 0 aliphatic carbocycles. The average Bonchev–Trinajstić information content (AvgIpc) is 2.62. The number of halogens is 4. The Morgan fingerprint density at radius 2 is 2.12 bits per heavy atom. The van der Waals surface area contributed by atoms with Crippen molar-refractivity contribution in [1.29, 1.82) is 0 Å². The summed E-state index contributed by atoms with van der Waals surface area (Å²) in [5, 5.41) is 0.152. The first-order chi connectivity index (χ1) is 8.00. The van der Waals surface area contributed by atoms with Crippen LogP contribution in [0, 0.1) is 12.7 Å². The summed E-state index contributed by atoms with van der Waals surface area (Å²) in [6.45, 7) is 2.02. The van der Waals surface area contributed by atoms with Gasteiger partial charge in [0.1, 0.15) is 5.82 Å². The lowest BCUT2D eigenvalue weighted by Crippen LogP contribution is -1.94. The van der Waals surface area contributed by atoms with Gasteiger partial charge < -0.3 is 0 Å². The van der Waals surface area contributed by atoms with Crippen molar-refractivity contribution >= 4 is 54.8 Å². The van der Waals surface area contributed by atoms with Crippen LogP contribution in [0.4, 0.5) is 4.39 Å². The van der Waals surface area contributed by atoms with Gasteiger partial charge in [0.05, 0.1) is 9.85 Å². The number of thiophene rings is 1. The van der Waals surface area contributed by atoms with Crippen LogP contribution < -0.4 is 0 Å². The van der Waals surface area contributed by atoms with E-state index in [2.05, 4.69) is 31.9 Å². The Labute approximate surface area is 125 Å². The van der Waals surface area contributed by atoms with Crippen LogP contribution in [0.5, 0.6) is 0 Å². The van der Waals surface area contributed by atoms with Crippen molar-refractivity contribution in [2.45, 2.75) is 11.8 Å². The molecule has 0 saturated heterocycles. The maximum Gasteiger partial charge on any atom is 0.146 e. The minimum atomic E-state index is -0.363. The van der Waals surface area contributed by atoms with Crippen LogP contribution in [0.3, 0.4) is 0 Å². The van der Waals surface area contributed by atoms with E-state index >= 15 is 0 Å². The van der Waals surface area contributed by atoms with Crippen LogP contribution in [0.15, 0.2) is 28.7 Å². The smallest absolute Gasteiger partial charge is 0.146 e. The number of alkyl halides is 1. The molecule has 0 spiro atoms. The van der Waals surface area contributed by atoms with Gasteiger partial charge in [-0.3, -0.25) is 0 Å². The molecular weight excluding hydrogens is 390 g/mol. The summed E-state index contributed by atoms with van der Waals surface area (Å²) in [4.78, 5) is 2.05. The van der Waals surface area contributed by atoms with E-state index in [4.69, 9.17) is 11.6 Å². The molecule has 0 nitrogen and oxygen atoms in total. The maximum absolute atomic E-state index is 13.9. The van der Waals surface area contributed by atoms with Crippen molar-refractivity contribution in [1.82, 2.24) is 0 Å². The van der Waals surface area contributed by atoms with Crippen molar-refractivity contribution in [3.05, 3.63) is 54.9 Å². The van der Waals surface area contributed by atoms with Crippen LogP contribution in [-0.2, 0) is 0 Å². The molecule has 1 unspecified atom stereocenters. The molecule has 0 amide bonds. The van der Waals surface area contributed by atoms with Gasteiger partial charge in [0.15, 0.2) is 0 Å².